The molecule has 0 aromatic heterocycles. The topological polar surface area (TPSA) is 41.1 Å². The third-order valence-electron chi connectivity index (χ3n) is 2.63. The van der Waals surface area contributed by atoms with E-state index in [-0.39, 0.29) is 11.9 Å². The average Bonchev–Trinajstić information content (AvgIpc) is 2.70. The molecule has 1 saturated heterocycles. The summed E-state index contributed by atoms with van der Waals surface area (Å²) >= 11 is 1.84. The fraction of sp³-hybridized carbons (Fsp3) is 0.900. The van der Waals surface area contributed by atoms with Crippen molar-refractivity contribution in [2.45, 2.75) is 37.5 Å². The van der Waals surface area contributed by atoms with Gasteiger partial charge in [-0.15, -0.1) is 0 Å². The average molecular weight is 216 g/mol. The Morgan fingerprint density at radius 3 is 3.07 bits per heavy atom. The molecule has 1 aliphatic rings. The van der Waals surface area contributed by atoms with Crippen molar-refractivity contribution in [3.8, 4) is 0 Å². The van der Waals surface area contributed by atoms with E-state index in [4.69, 9.17) is 0 Å². The molecule has 0 saturated carbocycles. The van der Waals surface area contributed by atoms with Gasteiger partial charge in [0.25, 0.3) is 0 Å². The van der Waals surface area contributed by atoms with Crippen LogP contribution in [0.15, 0.2) is 0 Å². The highest BCUT2D eigenvalue weighted by Gasteiger charge is 2.21. The van der Waals surface area contributed by atoms with Gasteiger partial charge < -0.3 is 10.6 Å². The predicted molar refractivity (Wildman–Crippen MR) is 61.6 cm³/mol. The molecule has 3 nitrogen and oxygen atoms in total. The van der Waals surface area contributed by atoms with Crippen molar-refractivity contribution in [2.75, 3.05) is 19.3 Å². The maximum atomic E-state index is 11.5. The first-order chi connectivity index (χ1) is 6.74. The first-order valence-corrected chi connectivity index (χ1v) is 6.56. The van der Waals surface area contributed by atoms with Gasteiger partial charge >= 0.3 is 0 Å². The van der Waals surface area contributed by atoms with Gasteiger partial charge in [-0.1, -0.05) is 6.92 Å². The van der Waals surface area contributed by atoms with Gasteiger partial charge in [0.2, 0.25) is 5.91 Å². The van der Waals surface area contributed by atoms with Crippen LogP contribution in [0.25, 0.3) is 0 Å². The summed E-state index contributed by atoms with van der Waals surface area (Å²) in [5.41, 5.74) is 0. The van der Waals surface area contributed by atoms with Crippen molar-refractivity contribution in [3.63, 3.8) is 0 Å². The Labute approximate surface area is 90.4 Å². The lowest BCUT2D eigenvalue weighted by atomic mass is 10.2. The third kappa shape index (κ3) is 3.88. The normalized spacial score (nSPS) is 23.4. The van der Waals surface area contributed by atoms with Crippen LogP contribution in [0, 0.1) is 0 Å². The highest BCUT2D eigenvalue weighted by Crippen LogP contribution is 2.08. The summed E-state index contributed by atoms with van der Waals surface area (Å²) in [6, 6.07) is 0.0691. The van der Waals surface area contributed by atoms with Crippen LogP contribution in [0.5, 0.6) is 0 Å². The third-order valence-corrected chi connectivity index (χ3v) is 3.67. The van der Waals surface area contributed by atoms with Crippen LogP contribution in [0.4, 0.5) is 0 Å². The summed E-state index contributed by atoms with van der Waals surface area (Å²) in [7, 11) is 0. The SMILES string of the molecule is CSC(C)CCNC(=O)[C@H]1CCCN1. The van der Waals surface area contributed by atoms with E-state index >= 15 is 0 Å². The summed E-state index contributed by atoms with van der Waals surface area (Å²) in [6.45, 7) is 3.98. The van der Waals surface area contributed by atoms with E-state index in [2.05, 4.69) is 23.8 Å². The molecule has 1 fully saturated rings. The molecule has 0 radical (unpaired) electrons. The summed E-state index contributed by atoms with van der Waals surface area (Å²) in [4.78, 5) is 11.5. The smallest absolute Gasteiger partial charge is 0.237 e. The molecule has 1 heterocycles. The molecule has 4 heteroatoms. The van der Waals surface area contributed by atoms with Gasteiger partial charge in [-0.25, -0.2) is 0 Å². The van der Waals surface area contributed by atoms with E-state index < -0.39 is 0 Å². The number of amides is 1. The monoisotopic (exact) mass is 216 g/mol. The molecule has 82 valence electrons. The Bertz CT molecular complexity index is 181. The second-order valence-electron chi connectivity index (χ2n) is 3.77. The van der Waals surface area contributed by atoms with Crippen molar-refractivity contribution < 1.29 is 4.79 Å². The summed E-state index contributed by atoms with van der Waals surface area (Å²) < 4.78 is 0. The van der Waals surface area contributed by atoms with Crippen LogP contribution < -0.4 is 10.6 Å². The predicted octanol–water partition coefficient (Wildman–Crippen LogP) is 0.996. The molecule has 14 heavy (non-hydrogen) atoms. The fourth-order valence-electron chi connectivity index (χ4n) is 1.55. The molecule has 1 amide bonds. The Morgan fingerprint density at radius 2 is 2.50 bits per heavy atom. The van der Waals surface area contributed by atoms with Gasteiger partial charge in [0, 0.05) is 11.8 Å². The van der Waals surface area contributed by atoms with Crippen LogP contribution in [-0.2, 0) is 4.79 Å². The lowest BCUT2D eigenvalue weighted by Crippen LogP contribution is -2.41. The molecule has 0 bridgehead atoms. The van der Waals surface area contributed by atoms with Gasteiger partial charge in [0.1, 0.15) is 0 Å². The summed E-state index contributed by atoms with van der Waals surface area (Å²) in [5.74, 6) is 0.177. The van der Waals surface area contributed by atoms with Crippen LogP contribution in [0.3, 0.4) is 0 Å². The Balaban J connectivity index is 2.08. The van der Waals surface area contributed by atoms with Gasteiger partial charge in [-0.2, -0.15) is 11.8 Å². The van der Waals surface area contributed by atoms with Gasteiger partial charge in [-0.05, 0) is 32.1 Å². The molecular formula is C10H20N2OS. The van der Waals surface area contributed by atoms with E-state index in [1.54, 1.807) is 0 Å². The first kappa shape index (κ1) is 11.9. The standard InChI is InChI=1S/C10H20N2OS/c1-8(14-2)5-7-12-10(13)9-4-3-6-11-9/h8-9,11H,3-7H2,1-2H3,(H,12,13)/t8?,9-/m1/s1. The van der Waals surface area contributed by atoms with Crippen molar-refractivity contribution in [1.29, 1.82) is 0 Å². The molecular weight excluding hydrogens is 196 g/mol. The van der Waals surface area contributed by atoms with Crippen LogP contribution in [-0.4, -0.2) is 36.5 Å². The zero-order valence-electron chi connectivity index (χ0n) is 9.01. The highest BCUT2D eigenvalue weighted by molar-refractivity contribution is 7.99. The minimum Gasteiger partial charge on any atom is -0.355 e. The Kier molecular flexibility index (Phi) is 5.33. The molecule has 0 aromatic rings. The largest absolute Gasteiger partial charge is 0.355 e. The number of carbonyl (C=O) groups is 1. The zero-order valence-corrected chi connectivity index (χ0v) is 9.82. The van der Waals surface area contributed by atoms with E-state index in [0.29, 0.717) is 5.25 Å². The first-order valence-electron chi connectivity index (χ1n) is 5.28. The second-order valence-corrected chi connectivity index (χ2v) is 5.05. The van der Waals surface area contributed by atoms with Crippen LogP contribution >= 0.6 is 11.8 Å². The molecule has 0 spiro atoms. The zero-order chi connectivity index (χ0) is 10.4. The minimum atomic E-state index is 0.0691. The number of nitrogens with one attached hydrogen (secondary N) is 2. The van der Waals surface area contributed by atoms with Crippen molar-refractivity contribution in [2.24, 2.45) is 0 Å². The van der Waals surface area contributed by atoms with Gasteiger partial charge in [-0.3, -0.25) is 4.79 Å². The quantitative estimate of drug-likeness (QED) is 0.720. The number of hydrogen-bond acceptors (Lipinski definition) is 3. The fourth-order valence-corrected chi connectivity index (χ4v) is 1.90. The summed E-state index contributed by atoms with van der Waals surface area (Å²) in [5, 5.41) is 6.80. The van der Waals surface area contributed by atoms with Crippen LogP contribution in [0.2, 0.25) is 0 Å². The molecule has 1 aliphatic heterocycles. The minimum absolute atomic E-state index is 0.0691. The molecule has 1 unspecified atom stereocenters. The Morgan fingerprint density at radius 1 is 1.71 bits per heavy atom. The van der Waals surface area contributed by atoms with Gasteiger partial charge in [0.05, 0.1) is 6.04 Å². The van der Waals surface area contributed by atoms with Crippen molar-refractivity contribution >= 4 is 17.7 Å². The number of thioether (sulfide) groups is 1. The lowest BCUT2D eigenvalue weighted by Gasteiger charge is -2.12. The number of hydrogen-bond donors (Lipinski definition) is 2. The molecule has 1 rings (SSSR count). The van der Waals surface area contributed by atoms with E-state index in [9.17, 15) is 4.79 Å². The second kappa shape index (κ2) is 6.30. The van der Waals surface area contributed by atoms with E-state index in [1.807, 2.05) is 11.8 Å². The maximum Gasteiger partial charge on any atom is 0.237 e. The molecule has 2 atom stereocenters. The van der Waals surface area contributed by atoms with Crippen molar-refractivity contribution in [1.82, 2.24) is 10.6 Å². The number of carbonyl (C=O) groups excluding carboxylic acids is 1. The van der Waals surface area contributed by atoms with E-state index in [0.717, 1.165) is 32.4 Å². The van der Waals surface area contributed by atoms with Crippen LogP contribution in [0.1, 0.15) is 26.2 Å². The molecule has 2 N–H and O–H groups in total. The number of rotatable bonds is 5. The molecule has 0 aliphatic carbocycles. The van der Waals surface area contributed by atoms with E-state index in [1.165, 1.54) is 0 Å². The van der Waals surface area contributed by atoms with Crippen molar-refractivity contribution in [3.05, 3.63) is 0 Å². The lowest BCUT2D eigenvalue weighted by molar-refractivity contribution is -0.122. The van der Waals surface area contributed by atoms with Gasteiger partial charge in [0.15, 0.2) is 0 Å². The highest BCUT2D eigenvalue weighted by atomic mass is 32.2. The maximum absolute atomic E-state index is 11.5. The Hall–Kier alpha value is -0.220. The molecule has 0 aromatic carbocycles. The summed E-state index contributed by atoms with van der Waals surface area (Å²) in [6.07, 6.45) is 5.27.